The fourth-order valence-corrected chi connectivity index (χ4v) is 2.62. The van der Waals surface area contributed by atoms with E-state index in [-0.39, 0.29) is 31.9 Å². The molecule has 0 saturated heterocycles. The van der Waals surface area contributed by atoms with E-state index in [9.17, 15) is 17.2 Å². The van der Waals surface area contributed by atoms with Crippen LogP contribution in [0.2, 0.25) is 0 Å². The van der Waals surface area contributed by atoms with Gasteiger partial charge in [0.05, 0.1) is 12.3 Å². The van der Waals surface area contributed by atoms with Gasteiger partial charge >= 0.3 is 0 Å². The number of ether oxygens (including phenoxy) is 1. The van der Waals surface area contributed by atoms with Gasteiger partial charge in [-0.1, -0.05) is 0 Å². The van der Waals surface area contributed by atoms with Crippen LogP contribution in [-0.2, 0) is 14.8 Å². The van der Waals surface area contributed by atoms with Crippen LogP contribution < -0.4 is 5.73 Å². The minimum absolute atomic E-state index is 0.0240. The van der Waals surface area contributed by atoms with E-state index in [1.165, 1.54) is 7.11 Å². The molecule has 0 aromatic heterocycles. The molecule has 98 valence electrons. The first-order chi connectivity index (χ1) is 7.44. The fourth-order valence-electron chi connectivity index (χ4n) is 1.16. The Labute approximate surface area is 94.6 Å². The predicted octanol–water partition coefficient (Wildman–Crippen LogP) is -0.121. The SMILES string of the molecule is COCCCS(=O)(=O)N(CCN)CC(F)F. The van der Waals surface area contributed by atoms with E-state index < -0.39 is 23.0 Å². The smallest absolute Gasteiger partial charge is 0.252 e. The van der Waals surface area contributed by atoms with Crippen molar-refractivity contribution in [3.8, 4) is 0 Å². The molecule has 0 fully saturated rings. The van der Waals surface area contributed by atoms with Gasteiger partial charge in [0.2, 0.25) is 10.0 Å². The number of nitrogens with zero attached hydrogens (tertiary/aromatic N) is 1. The van der Waals surface area contributed by atoms with Crippen molar-refractivity contribution in [2.24, 2.45) is 5.73 Å². The Morgan fingerprint density at radius 3 is 2.50 bits per heavy atom. The first-order valence-corrected chi connectivity index (χ1v) is 6.50. The normalized spacial score (nSPS) is 12.6. The van der Waals surface area contributed by atoms with Crippen molar-refractivity contribution in [1.29, 1.82) is 0 Å². The second-order valence-electron chi connectivity index (χ2n) is 3.20. The number of alkyl halides is 2. The van der Waals surface area contributed by atoms with Crippen LogP contribution in [0.25, 0.3) is 0 Å². The molecular formula is C8H18F2N2O3S. The lowest BCUT2D eigenvalue weighted by molar-refractivity contribution is 0.120. The molecule has 0 amide bonds. The second kappa shape index (κ2) is 7.88. The molecule has 16 heavy (non-hydrogen) atoms. The van der Waals surface area contributed by atoms with Crippen molar-refractivity contribution >= 4 is 10.0 Å². The number of methoxy groups -OCH3 is 1. The van der Waals surface area contributed by atoms with Crippen LogP contribution in [-0.4, -0.2) is 58.3 Å². The fraction of sp³-hybridized carbons (Fsp3) is 1.00. The van der Waals surface area contributed by atoms with Crippen LogP contribution in [0.4, 0.5) is 8.78 Å². The van der Waals surface area contributed by atoms with Crippen LogP contribution in [0.1, 0.15) is 6.42 Å². The zero-order chi connectivity index (χ0) is 12.6. The van der Waals surface area contributed by atoms with Crippen LogP contribution >= 0.6 is 0 Å². The molecule has 2 N–H and O–H groups in total. The van der Waals surface area contributed by atoms with Crippen LogP contribution in [0.5, 0.6) is 0 Å². The summed E-state index contributed by atoms with van der Waals surface area (Å²) in [5.74, 6) is -0.201. The van der Waals surface area contributed by atoms with Gasteiger partial charge in [-0.15, -0.1) is 0 Å². The highest BCUT2D eigenvalue weighted by Gasteiger charge is 2.24. The summed E-state index contributed by atoms with van der Waals surface area (Å²) in [6.45, 7) is -0.577. The third kappa shape index (κ3) is 6.31. The third-order valence-electron chi connectivity index (χ3n) is 1.86. The van der Waals surface area contributed by atoms with Crippen molar-refractivity contribution in [3.05, 3.63) is 0 Å². The number of sulfonamides is 1. The van der Waals surface area contributed by atoms with E-state index in [4.69, 9.17) is 10.5 Å². The third-order valence-corrected chi connectivity index (χ3v) is 3.79. The topological polar surface area (TPSA) is 72.6 Å². The van der Waals surface area contributed by atoms with Crippen molar-refractivity contribution in [3.63, 3.8) is 0 Å². The molecule has 8 heteroatoms. The Balaban J connectivity index is 4.37. The largest absolute Gasteiger partial charge is 0.385 e. The summed E-state index contributed by atoms with van der Waals surface area (Å²) in [6, 6.07) is 0. The second-order valence-corrected chi connectivity index (χ2v) is 5.29. The van der Waals surface area contributed by atoms with E-state index in [1.54, 1.807) is 0 Å². The van der Waals surface area contributed by atoms with Crippen LogP contribution in [0, 0.1) is 0 Å². The zero-order valence-corrected chi connectivity index (χ0v) is 10.0. The molecule has 5 nitrogen and oxygen atoms in total. The summed E-state index contributed by atoms with van der Waals surface area (Å²) in [7, 11) is -2.21. The predicted molar refractivity (Wildman–Crippen MR) is 56.9 cm³/mol. The average Bonchev–Trinajstić information content (AvgIpc) is 2.16. The Hall–Kier alpha value is -0.310. The van der Waals surface area contributed by atoms with Crippen molar-refractivity contribution < 1.29 is 21.9 Å². The maximum Gasteiger partial charge on any atom is 0.252 e. The minimum Gasteiger partial charge on any atom is -0.385 e. The summed E-state index contributed by atoms with van der Waals surface area (Å²) in [4.78, 5) is 0. The zero-order valence-electron chi connectivity index (χ0n) is 9.23. The molecule has 0 rings (SSSR count). The van der Waals surface area contributed by atoms with Gasteiger partial charge in [0.25, 0.3) is 6.43 Å². The molecule has 0 spiro atoms. The Bertz CT molecular complexity index is 272. The molecule has 0 aromatic carbocycles. The highest BCUT2D eigenvalue weighted by molar-refractivity contribution is 7.89. The molecule has 0 unspecified atom stereocenters. The number of hydrogen-bond acceptors (Lipinski definition) is 4. The van der Waals surface area contributed by atoms with Gasteiger partial charge in [0.1, 0.15) is 0 Å². The van der Waals surface area contributed by atoms with Gasteiger partial charge in [-0.25, -0.2) is 17.2 Å². The van der Waals surface area contributed by atoms with Crippen molar-refractivity contribution in [2.45, 2.75) is 12.8 Å². The van der Waals surface area contributed by atoms with E-state index in [2.05, 4.69) is 0 Å². The molecule has 0 atom stereocenters. The first-order valence-electron chi connectivity index (χ1n) is 4.89. The number of halogens is 2. The van der Waals surface area contributed by atoms with Crippen LogP contribution in [0.15, 0.2) is 0 Å². The molecular weight excluding hydrogens is 242 g/mol. The van der Waals surface area contributed by atoms with Crippen LogP contribution in [0.3, 0.4) is 0 Å². The molecule has 0 aliphatic heterocycles. The summed E-state index contributed by atoms with van der Waals surface area (Å²) >= 11 is 0. The number of rotatable bonds is 9. The van der Waals surface area contributed by atoms with Gasteiger partial charge < -0.3 is 10.5 Å². The van der Waals surface area contributed by atoms with Gasteiger partial charge in [-0.2, -0.15) is 4.31 Å². The molecule has 0 bridgehead atoms. The first kappa shape index (κ1) is 15.7. The molecule has 0 radical (unpaired) electrons. The van der Waals surface area contributed by atoms with E-state index >= 15 is 0 Å². The lowest BCUT2D eigenvalue weighted by atomic mass is 10.5. The quantitative estimate of drug-likeness (QED) is 0.587. The minimum atomic E-state index is -3.66. The van der Waals surface area contributed by atoms with Crippen molar-refractivity contribution in [2.75, 3.05) is 39.1 Å². The molecule has 0 saturated carbocycles. The monoisotopic (exact) mass is 260 g/mol. The van der Waals surface area contributed by atoms with E-state index in [1.807, 2.05) is 0 Å². The Morgan fingerprint density at radius 1 is 1.44 bits per heavy atom. The maximum absolute atomic E-state index is 12.2. The summed E-state index contributed by atoms with van der Waals surface area (Å²) in [6.07, 6.45) is -2.41. The lowest BCUT2D eigenvalue weighted by Crippen LogP contribution is -2.40. The van der Waals surface area contributed by atoms with Gasteiger partial charge in [-0.05, 0) is 6.42 Å². The van der Waals surface area contributed by atoms with Gasteiger partial charge in [-0.3, -0.25) is 0 Å². The summed E-state index contributed by atoms with van der Waals surface area (Å²) in [5.41, 5.74) is 5.18. The van der Waals surface area contributed by atoms with Gasteiger partial charge in [0, 0.05) is 26.8 Å². The standard InChI is InChI=1S/C8H18F2N2O3S/c1-15-5-2-6-16(13,14)12(4-3-11)7-8(9)10/h8H,2-7,11H2,1H3. The molecule has 0 aromatic rings. The molecule has 0 aliphatic carbocycles. The summed E-state index contributed by atoms with van der Waals surface area (Å²) < 4.78 is 53.0. The van der Waals surface area contributed by atoms with Gasteiger partial charge in [0.15, 0.2) is 0 Å². The summed E-state index contributed by atoms with van der Waals surface area (Å²) in [5, 5.41) is 0. The highest BCUT2D eigenvalue weighted by Crippen LogP contribution is 2.06. The van der Waals surface area contributed by atoms with E-state index in [0.29, 0.717) is 0 Å². The average molecular weight is 260 g/mol. The Kier molecular flexibility index (Phi) is 7.73. The Morgan fingerprint density at radius 2 is 2.06 bits per heavy atom. The number of nitrogens with two attached hydrogens (primary N) is 1. The molecule has 0 aliphatic rings. The maximum atomic E-state index is 12.2. The van der Waals surface area contributed by atoms with E-state index in [0.717, 1.165) is 4.31 Å². The molecule has 0 heterocycles. The lowest BCUT2D eigenvalue weighted by Gasteiger charge is -2.20. The number of hydrogen-bond donors (Lipinski definition) is 1. The van der Waals surface area contributed by atoms with Crippen molar-refractivity contribution in [1.82, 2.24) is 4.31 Å². The highest BCUT2D eigenvalue weighted by atomic mass is 32.2.